The molecular formula is C18H21FN4O3. The lowest BCUT2D eigenvalue weighted by molar-refractivity contribution is -0.137. The molecule has 3 rings (SSSR count). The maximum Gasteiger partial charge on any atom is 0.303 e. The van der Waals surface area contributed by atoms with E-state index in [2.05, 4.69) is 10.3 Å². The molecule has 138 valence electrons. The number of likely N-dealkylation sites (tertiary alicyclic amines) is 1. The maximum absolute atomic E-state index is 13.3. The van der Waals surface area contributed by atoms with Gasteiger partial charge in [0.15, 0.2) is 5.69 Å². The SMILES string of the molecule is Cc1cc(F)ccc1-n1cc(C(=O)N2CCCCC2CCC(=O)O)nn1. The molecule has 0 radical (unpaired) electrons. The van der Waals surface area contributed by atoms with Crippen molar-refractivity contribution in [1.29, 1.82) is 0 Å². The van der Waals surface area contributed by atoms with E-state index in [1.165, 1.54) is 23.0 Å². The highest BCUT2D eigenvalue weighted by Crippen LogP contribution is 2.23. The first-order valence-corrected chi connectivity index (χ1v) is 8.67. The van der Waals surface area contributed by atoms with Gasteiger partial charge in [0.1, 0.15) is 5.82 Å². The van der Waals surface area contributed by atoms with Crippen LogP contribution in [0, 0.1) is 12.7 Å². The molecule has 1 amide bonds. The van der Waals surface area contributed by atoms with E-state index in [1.54, 1.807) is 17.9 Å². The van der Waals surface area contributed by atoms with Crippen LogP contribution in [-0.2, 0) is 4.79 Å². The Kier molecular flexibility index (Phi) is 5.29. The Balaban J connectivity index is 1.78. The summed E-state index contributed by atoms with van der Waals surface area (Å²) in [5.74, 6) is -1.44. The Labute approximate surface area is 150 Å². The van der Waals surface area contributed by atoms with Crippen LogP contribution < -0.4 is 0 Å². The summed E-state index contributed by atoms with van der Waals surface area (Å²) < 4.78 is 14.7. The van der Waals surface area contributed by atoms with Gasteiger partial charge < -0.3 is 10.0 Å². The van der Waals surface area contributed by atoms with Crippen molar-refractivity contribution >= 4 is 11.9 Å². The Morgan fingerprint density at radius 3 is 2.88 bits per heavy atom. The smallest absolute Gasteiger partial charge is 0.303 e. The van der Waals surface area contributed by atoms with E-state index in [-0.39, 0.29) is 29.9 Å². The van der Waals surface area contributed by atoms with Gasteiger partial charge in [0, 0.05) is 19.0 Å². The van der Waals surface area contributed by atoms with Crippen molar-refractivity contribution in [2.24, 2.45) is 0 Å². The Morgan fingerprint density at radius 2 is 2.15 bits per heavy atom. The number of benzene rings is 1. The molecule has 2 aromatic rings. The number of nitrogens with zero attached hydrogens (tertiary/aromatic N) is 4. The van der Waals surface area contributed by atoms with Gasteiger partial charge in [-0.2, -0.15) is 0 Å². The number of carboxylic acids is 1. The molecule has 1 unspecified atom stereocenters. The summed E-state index contributed by atoms with van der Waals surface area (Å²) in [6.07, 6.45) is 4.67. The lowest BCUT2D eigenvalue weighted by Crippen LogP contribution is -2.44. The molecule has 26 heavy (non-hydrogen) atoms. The van der Waals surface area contributed by atoms with Crippen molar-refractivity contribution in [1.82, 2.24) is 19.9 Å². The first-order chi connectivity index (χ1) is 12.5. The Hall–Kier alpha value is -2.77. The molecule has 2 heterocycles. The molecular weight excluding hydrogens is 339 g/mol. The summed E-state index contributed by atoms with van der Waals surface area (Å²) in [7, 11) is 0. The lowest BCUT2D eigenvalue weighted by Gasteiger charge is -2.35. The van der Waals surface area contributed by atoms with Gasteiger partial charge in [-0.1, -0.05) is 5.21 Å². The van der Waals surface area contributed by atoms with E-state index in [9.17, 15) is 14.0 Å². The van der Waals surface area contributed by atoms with Gasteiger partial charge in [0.2, 0.25) is 0 Å². The van der Waals surface area contributed by atoms with Crippen molar-refractivity contribution in [3.05, 3.63) is 41.5 Å². The predicted molar refractivity (Wildman–Crippen MR) is 91.6 cm³/mol. The van der Waals surface area contributed by atoms with Crippen LogP contribution in [0.15, 0.2) is 24.4 Å². The van der Waals surface area contributed by atoms with Gasteiger partial charge in [-0.3, -0.25) is 9.59 Å². The summed E-state index contributed by atoms with van der Waals surface area (Å²) >= 11 is 0. The molecule has 1 aromatic heterocycles. The van der Waals surface area contributed by atoms with E-state index in [1.807, 2.05) is 0 Å². The zero-order valence-corrected chi connectivity index (χ0v) is 14.6. The molecule has 8 heteroatoms. The molecule has 0 bridgehead atoms. The van der Waals surface area contributed by atoms with Gasteiger partial charge in [-0.05, 0) is 56.4 Å². The zero-order valence-electron chi connectivity index (χ0n) is 14.6. The number of carboxylic acid groups (broad SMARTS) is 1. The normalized spacial score (nSPS) is 17.3. The van der Waals surface area contributed by atoms with E-state index < -0.39 is 5.97 Å². The monoisotopic (exact) mass is 360 g/mol. The number of hydrogen-bond acceptors (Lipinski definition) is 4. The van der Waals surface area contributed by atoms with Crippen LogP contribution in [0.4, 0.5) is 4.39 Å². The number of amides is 1. The molecule has 1 fully saturated rings. The van der Waals surface area contributed by atoms with Gasteiger partial charge in [-0.25, -0.2) is 9.07 Å². The second-order valence-electron chi connectivity index (χ2n) is 6.56. The molecule has 1 N–H and O–H groups in total. The quantitative estimate of drug-likeness (QED) is 0.885. The second kappa shape index (κ2) is 7.63. The van der Waals surface area contributed by atoms with Crippen LogP contribution in [0.5, 0.6) is 0 Å². The van der Waals surface area contributed by atoms with Crippen molar-refractivity contribution in [3.8, 4) is 5.69 Å². The minimum Gasteiger partial charge on any atom is -0.481 e. The Bertz CT molecular complexity index is 821. The lowest BCUT2D eigenvalue weighted by atomic mass is 9.97. The van der Waals surface area contributed by atoms with Crippen molar-refractivity contribution in [2.45, 2.75) is 45.1 Å². The number of carbonyl (C=O) groups excluding carboxylic acids is 1. The molecule has 0 saturated carbocycles. The minimum absolute atomic E-state index is 0.0376. The van der Waals surface area contributed by atoms with Crippen LogP contribution in [0.1, 0.15) is 48.2 Å². The topological polar surface area (TPSA) is 88.3 Å². The fourth-order valence-electron chi connectivity index (χ4n) is 3.36. The summed E-state index contributed by atoms with van der Waals surface area (Å²) in [6.45, 7) is 2.35. The molecule has 1 aromatic carbocycles. The first kappa shape index (κ1) is 18.0. The van der Waals surface area contributed by atoms with Crippen molar-refractivity contribution < 1.29 is 19.1 Å². The van der Waals surface area contributed by atoms with E-state index in [0.29, 0.717) is 24.2 Å². The number of aromatic nitrogens is 3. The number of halogens is 1. The van der Waals surface area contributed by atoms with Crippen LogP contribution in [0.3, 0.4) is 0 Å². The molecule has 1 aliphatic heterocycles. The van der Waals surface area contributed by atoms with Crippen LogP contribution in [0.2, 0.25) is 0 Å². The van der Waals surface area contributed by atoms with Crippen LogP contribution in [0.25, 0.3) is 5.69 Å². The highest BCUT2D eigenvalue weighted by atomic mass is 19.1. The maximum atomic E-state index is 13.3. The summed E-state index contributed by atoms with van der Waals surface area (Å²) in [6, 6.07) is 4.22. The summed E-state index contributed by atoms with van der Waals surface area (Å²) in [4.78, 5) is 25.4. The number of aliphatic carboxylic acids is 1. The minimum atomic E-state index is -0.860. The molecule has 0 aliphatic carbocycles. The van der Waals surface area contributed by atoms with E-state index >= 15 is 0 Å². The van der Waals surface area contributed by atoms with Gasteiger partial charge in [0.25, 0.3) is 5.91 Å². The second-order valence-corrected chi connectivity index (χ2v) is 6.56. The number of hydrogen-bond donors (Lipinski definition) is 1. The predicted octanol–water partition coefficient (Wildman–Crippen LogP) is 2.57. The number of piperidine rings is 1. The third-order valence-corrected chi connectivity index (χ3v) is 4.70. The highest BCUT2D eigenvalue weighted by Gasteiger charge is 2.29. The third-order valence-electron chi connectivity index (χ3n) is 4.70. The zero-order chi connectivity index (χ0) is 18.7. The molecule has 7 nitrogen and oxygen atoms in total. The average molecular weight is 360 g/mol. The van der Waals surface area contributed by atoms with E-state index in [0.717, 1.165) is 19.3 Å². The third kappa shape index (κ3) is 3.89. The fraction of sp³-hybridized carbons (Fsp3) is 0.444. The Morgan fingerprint density at radius 1 is 1.35 bits per heavy atom. The summed E-state index contributed by atoms with van der Waals surface area (Å²) in [5.41, 5.74) is 1.54. The van der Waals surface area contributed by atoms with Crippen molar-refractivity contribution in [2.75, 3.05) is 6.54 Å². The molecule has 1 aliphatic rings. The van der Waals surface area contributed by atoms with E-state index in [4.69, 9.17) is 5.11 Å². The summed E-state index contributed by atoms with van der Waals surface area (Å²) in [5, 5.41) is 16.9. The molecule has 1 saturated heterocycles. The van der Waals surface area contributed by atoms with Gasteiger partial charge in [-0.15, -0.1) is 5.10 Å². The first-order valence-electron chi connectivity index (χ1n) is 8.67. The van der Waals surface area contributed by atoms with Gasteiger partial charge in [0.05, 0.1) is 11.9 Å². The van der Waals surface area contributed by atoms with Crippen LogP contribution >= 0.6 is 0 Å². The molecule has 1 atom stereocenters. The largest absolute Gasteiger partial charge is 0.481 e. The van der Waals surface area contributed by atoms with Crippen molar-refractivity contribution in [3.63, 3.8) is 0 Å². The number of rotatable bonds is 5. The highest BCUT2D eigenvalue weighted by molar-refractivity contribution is 5.92. The number of carbonyl (C=O) groups is 2. The molecule has 0 spiro atoms. The fourth-order valence-corrected chi connectivity index (χ4v) is 3.36. The average Bonchev–Trinajstić information content (AvgIpc) is 3.09. The van der Waals surface area contributed by atoms with Gasteiger partial charge >= 0.3 is 5.97 Å². The van der Waals surface area contributed by atoms with Crippen LogP contribution in [-0.4, -0.2) is 49.5 Å². The number of aryl methyl sites for hydroxylation is 1. The standard InChI is InChI=1S/C18H21FN4O3/c1-12-10-13(19)5-7-16(12)23-11-15(20-21-23)18(26)22-9-3-2-4-14(22)6-8-17(24)25/h5,7,10-11,14H,2-4,6,8-9H2,1H3,(H,24,25).